The molecule has 1 aromatic rings. The number of rotatable bonds is 7. The van der Waals surface area contributed by atoms with E-state index in [2.05, 4.69) is 31.5 Å². The molecule has 0 radical (unpaired) electrons. The molecule has 0 bridgehead atoms. The van der Waals surface area contributed by atoms with Crippen LogP contribution in [0.2, 0.25) is 0 Å². The van der Waals surface area contributed by atoms with Gasteiger partial charge in [-0.05, 0) is 45.1 Å². The van der Waals surface area contributed by atoms with Gasteiger partial charge in [-0.1, -0.05) is 20.3 Å². The van der Waals surface area contributed by atoms with E-state index in [1.165, 1.54) is 17.8 Å². The second-order valence-corrected chi connectivity index (χ2v) is 6.81. The average molecular weight is 296 g/mol. The van der Waals surface area contributed by atoms with Crippen LogP contribution in [0.15, 0.2) is 5.38 Å². The molecule has 0 aliphatic heterocycles. The zero-order valence-corrected chi connectivity index (χ0v) is 13.9. The monoisotopic (exact) mass is 296 g/mol. The van der Waals surface area contributed by atoms with Gasteiger partial charge < -0.3 is 10.1 Å². The molecule has 1 heterocycles. The van der Waals surface area contributed by atoms with E-state index in [9.17, 15) is 0 Å². The third-order valence-corrected chi connectivity index (χ3v) is 5.13. The van der Waals surface area contributed by atoms with Crippen molar-refractivity contribution in [1.82, 2.24) is 10.3 Å². The molecule has 1 aromatic heterocycles. The van der Waals surface area contributed by atoms with Crippen LogP contribution in [0.5, 0.6) is 0 Å². The molecule has 3 nitrogen and oxygen atoms in total. The number of thiazole rings is 1. The Balaban J connectivity index is 2.09. The Kier molecular flexibility index (Phi) is 6.00. The van der Waals surface area contributed by atoms with E-state index in [-0.39, 0.29) is 5.60 Å². The summed E-state index contributed by atoms with van der Waals surface area (Å²) in [7, 11) is 0. The van der Waals surface area contributed by atoms with Gasteiger partial charge in [-0.15, -0.1) is 11.3 Å². The summed E-state index contributed by atoms with van der Waals surface area (Å²) >= 11 is 1.78. The minimum atomic E-state index is -0.111. The van der Waals surface area contributed by atoms with E-state index in [1.54, 1.807) is 11.3 Å². The van der Waals surface area contributed by atoms with Crippen LogP contribution in [-0.2, 0) is 16.9 Å². The maximum absolute atomic E-state index is 6.19. The van der Waals surface area contributed by atoms with Crippen molar-refractivity contribution in [3.63, 3.8) is 0 Å². The molecule has 1 aliphatic carbocycles. The van der Waals surface area contributed by atoms with Crippen molar-refractivity contribution in [1.29, 1.82) is 0 Å². The van der Waals surface area contributed by atoms with Crippen LogP contribution in [0, 0.1) is 5.92 Å². The van der Waals surface area contributed by atoms with E-state index < -0.39 is 0 Å². The molecule has 0 saturated heterocycles. The van der Waals surface area contributed by atoms with E-state index in [0.717, 1.165) is 50.6 Å². The Hall–Kier alpha value is -0.450. The van der Waals surface area contributed by atoms with E-state index in [1.807, 2.05) is 0 Å². The summed E-state index contributed by atoms with van der Waals surface area (Å²) in [5.74, 6) is 0.737. The lowest BCUT2D eigenvalue weighted by atomic mass is 9.79. The van der Waals surface area contributed by atoms with E-state index in [0.29, 0.717) is 0 Å². The summed E-state index contributed by atoms with van der Waals surface area (Å²) < 4.78 is 6.19. The molecule has 2 rings (SSSR count). The summed E-state index contributed by atoms with van der Waals surface area (Å²) in [6.45, 7) is 9.33. The zero-order chi connectivity index (χ0) is 14.4. The van der Waals surface area contributed by atoms with Gasteiger partial charge in [0.05, 0.1) is 5.69 Å². The number of aromatic nitrogens is 1. The molecule has 0 spiro atoms. The fourth-order valence-electron chi connectivity index (χ4n) is 3.16. The Labute approximate surface area is 127 Å². The highest BCUT2D eigenvalue weighted by atomic mass is 32.1. The molecular formula is C16H28N2OS. The van der Waals surface area contributed by atoms with Crippen molar-refractivity contribution in [3.05, 3.63) is 16.1 Å². The Morgan fingerprint density at radius 2 is 2.35 bits per heavy atom. The highest BCUT2D eigenvalue weighted by Gasteiger charge is 2.39. The lowest BCUT2D eigenvalue weighted by Gasteiger charge is -2.38. The maximum atomic E-state index is 6.19. The quantitative estimate of drug-likeness (QED) is 0.770. The van der Waals surface area contributed by atoms with Gasteiger partial charge in [-0.25, -0.2) is 4.98 Å². The summed E-state index contributed by atoms with van der Waals surface area (Å²) in [6.07, 6.45) is 5.99. The molecule has 2 atom stereocenters. The predicted octanol–water partition coefficient (Wildman–Crippen LogP) is 4.08. The highest BCUT2D eigenvalue weighted by Crippen LogP contribution is 2.43. The van der Waals surface area contributed by atoms with Crippen LogP contribution >= 0.6 is 11.3 Å². The average Bonchev–Trinajstić information content (AvgIpc) is 2.89. The summed E-state index contributed by atoms with van der Waals surface area (Å²) in [5.41, 5.74) is 1.05. The van der Waals surface area contributed by atoms with Crippen LogP contribution in [0.4, 0.5) is 0 Å². The van der Waals surface area contributed by atoms with Gasteiger partial charge in [0.25, 0.3) is 0 Å². The van der Waals surface area contributed by atoms with Gasteiger partial charge in [-0.3, -0.25) is 0 Å². The minimum Gasteiger partial charge on any atom is -0.368 e. The number of hydrogen-bond acceptors (Lipinski definition) is 4. The zero-order valence-electron chi connectivity index (χ0n) is 13.1. The molecular weight excluding hydrogens is 268 g/mol. The molecule has 20 heavy (non-hydrogen) atoms. The van der Waals surface area contributed by atoms with Crippen molar-refractivity contribution < 1.29 is 4.74 Å². The van der Waals surface area contributed by atoms with Crippen molar-refractivity contribution in [2.24, 2.45) is 5.92 Å². The van der Waals surface area contributed by atoms with Gasteiger partial charge in [0.15, 0.2) is 0 Å². The first-order valence-electron chi connectivity index (χ1n) is 7.99. The van der Waals surface area contributed by atoms with Crippen molar-refractivity contribution in [2.45, 2.75) is 65.0 Å². The van der Waals surface area contributed by atoms with Gasteiger partial charge in [0.1, 0.15) is 10.6 Å². The minimum absolute atomic E-state index is 0.111. The Morgan fingerprint density at radius 3 is 3.05 bits per heavy atom. The van der Waals surface area contributed by atoms with Gasteiger partial charge in [-0.2, -0.15) is 0 Å². The highest BCUT2D eigenvalue weighted by molar-refractivity contribution is 7.09. The predicted molar refractivity (Wildman–Crippen MR) is 85.0 cm³/mol. The van der Waals surface area contributed by atoms with Crippen molar-refractivity contribution in [3.8, 4) is 0 Å². The SMILES string of the molecule is CCCNCc1csc(C2(OCC)CCCC(C)C2)n1. The summed E-state index contributed by atoms with van der Waals surface area (Å²) in [4.78, 5) is 4.86. The molecule has 0 aromatic carbocycles. The van der Waals surface area contributed by atoms with E-state index in [4.69, 9.17) is 9.72 Å². The Bertz CT molecular complexity index is 403. The molecule has 2 unspecified atom stereocenters. The standard InChI is InChI=1S/C16H28N2OS/c1-4-9-17-11-14-12-20-15(18-14)16(19-5-2)8-6-7-13(3)10-16/h12-13,17H,4-11H2,1-3H3. The van der Waals surface area contributed by atoms with Crippen molar-refractivity contribution >= 4 is 11.3 Å². The van der Waals surface area contributed by atoms with Gasteiger partial charge in [0.2, 0.25) is 0 Å². The van der Waals surface area contributed by atoms with Crippen LogP contribution in [-0.4, -0.2) is 18.1 Å². The Morgan fingerprint density at radius 1 is 1.50 bits per heavy atom. The number of nitrogens with one attached hydrogen (secondary N) is 1. The van der Waals surface area contributed by atoms with Crippen molar-refractivity contribution in [2.75, 3.05) is 13.2 Å². The molecule has 1 aliphatic rings. The first-order valence-corrected chi connectivity index (χ1v) is 8.87. The summed E-state index contributed by atoms with van der Waals surface area (Å²) in [6, 6.07) is 0. The molecule has 4 heteroatoms. The van der Waals surface area contributed by atoms with E-state index >= 15 is 0 Å². The lowest BCUT2D eigenvalue weighted by Crippen LogP contribution is -2.35. The van der Waals surface area contributed by atoms with Gasteiger partial charge in [0, 0.05) is 18.5 Å². The molecule has 0 amide bonds. The normalized spacial score (nSPS) is 26.9. The first kappa shape index (κ1) is 15.9. The smallest absolute Gasteiger partial charge is 0.125 e. The maximum Gasteiger partial charge on any atom is 0.125 e. The number of ether oxygens (including phenoxy) is 1. The lowest BCUT2D eigenvalue weighted by molar-refractivity contribution is -0.0821. The number of hydrogen-bond donors (Lipinski definition) is 1. The largest absolute Gasteiger partial charge is 0.368 e. The molecule has 114 valence electrons. The second kappa shape index (κ2) is 7.53. The second-order valence-electron chi connectivity index (χ2n) is 5.95. The molecule has 1 fully saturated rings. The summed E-state index contributed by atoms with van der Waals surface area (Å²) in [5, 5.41) is 6.81. The van der Waals surface area contributed by atoms with Crippen LogP contribution in [0.25, 0.3) is 0 Å². The fourth-order valence-corrected chi connectivity index (χ4v) is 4.17. The first-order chi connectivity index (χ1) is 9.70. The molecule has 1 N–H and O–H groups in total. The topological polar surface area (TPSA) is 34.1 Å². The van der Waals surface area contributed by atoms with Crippen LogP contribution in [0.1, 0.15) is 63.6 Å². The van der Waals surface area contributed by atoms with Crippen LogP contribution < -0.4 is 5.32 Å². The fraction of sp³-hybridized carbons (Fsp3) is 0.812. The third-order valence-electron chi connectivity index (χ3n) is 4.05. The number of nitrogens with zero attached hydrogens (tertiary/aromatic N) is 1. The van der Waals surface area contributed by atoms with Gasteiger partial charge >= 0.3 is 0 Å². The molecule has 1 saturated carbocycles. The third kappa shape index (κ3) is 3.80. The van der Waals surface area contributed by atoms with Crippen LogP contribution in [0.3, 0.4) is 0 Å².